The van der Waals surface area contributed by atoms with E-state index in [1.165, 1.54) is 0 Å². The van der Waals surface area contributed by atoms with Gasteiger partial charge in [0.15, 0.2) is 5.96 Å². The third-order valence-electron chi connectivity index (χ3n) is 3.27. The maximum absolute atomic E-state index is 12.2. The summed E-state index contributed by atoms with van der Waals surface area (Å²) >= 11 is 1.79. The zero-order valence-corrected chi connectivity index (χ0v) is 18.3. The lowest BCUT2D eigenvalue weighted by atomic mass is 10.2. The summed E-state index contributed by atoms with van der Waals surface area (Å²) in [6, 6.07) is 7.08. The summed E-state index contributed by atoms with van der Waals surface area (Å²) in [6.07, 6.45) is -0.396. The van der Waals surface area contributed by atoms with Gasteiger partial charge in [0.1, 0.15) is 12.4 Å². The van der Waals surface area contributed by atoms with Crippen molar-refractivity contribution in [2.45, 2.75) is 38.5 Å². The van der Waals surface area contributed by atoms with Gasteiger partial charge in [0.25, 0.3) is 6.43 Å². The fraction of sp³-hybridized carbons (Fsp3) is 0.588. The molecule has 0 aliphatic heterocycles. The van der Waals surface area contributed by atoms with E-state index in [9.17, 15) is 8.78 Å². The fourth-order valence-electron chi connectivity index (χ4n) is 1.77. The van der Waals surface area contributed by atoms with Crippen molar-refractivity contribution < 1.29 is 13.5 Å². The minimum absolute atomic E-state index is 0. The molecule has 1 aromatic rings. The van der Waals surface area contributed by atoms with Gasteiger partial charge in [-0.25, -0.2) is 13.8 Å². The van der Waals surface area contributed by atoms with Gasteiger partial charge in [-0.15, -0.1) is 24.0 Å². The molecule has 0 saturated heterocycles. The minimum Gasteiger partial charge on any atom is -0.488 e. The molecule has 0 unspecified atom stereocenters. The summed E-state index contributed by atoms with van der Waals surface area (Å²) in [4.78, 5) is 4.54. The van der Waals surface area contributed by atoms with E-state index in [1.54, 1.807) is 30.0 Å². The number of benzene rings is 1. The molecular formula is C17H28F2IN3OS. The van der Waals surface area contributed by atoms with Crippen LogP contribution in [0.3, 0.4) is 0 Å². The lowest BCUT2D eigenvalue weighted by Gasteiger charge is -2.23. The van der Waals surface area contributed by atoms with Crippen molar-refractivity contribution in [1.29, 1.82) is 0 Å². The molecular weight excluding hydrogens is 459 g/mol. The summed E-state index contributed by atoms with van der Waals surface area (Å²) in [7, 11) is 0. The molecule has 0 saturated carbocycles. The van der Waals surface area contributed by atoms with Crippen LogP contribution < -0.4 is 15.4 Å². The Balaban J connectivity index is 0.00000576. The van der Waals surface area contributed by atoms with E-state index in [0.29, 0.717) is 12.3 Å². The van der Waals surface area contributed by atoms with Crippen molar-refractivity contribution in [3.05, 3.63) is 29.8 Å². The number of alkyl halides is 2. The Hall–Kier alpha value is -0.770. The van der Waals surface area contributed by atoms with Gasteiger partial charge in [-0.1, -0.05) is 12.1 Å². The zero-order chi connectivity index (χ0) is 18.0. The number of hydrogen-bond acceptors (Lipinski definition) is 3. The topological polar surface area (TPSA) is 45.7 Å². The normalized spacial score (nSPS) is 11.9. The van der Waals surface area contributed by atoms with Gasteiger partial charge in [0.2, 0.25) is 0 Å². The van der Waals surface area contributed by atoms with Gasteiger partial charge < -0.3 is 15.4 Å². The molecule has 0 spiro atoms. The van der Waals surface area contributed by atoms with Gasteiger partial charge in [-0.3, -0.25) is 0 Å². The minimum atomic E-state index is -2.48. The van der Waals surface area contributed by atoms with E-state index in [4.69, 9.17) is 4.74 Å². The van der Waals surface area contributed by atoms with Gasteiger partial charge in [-0.2, -0.15) is 11.8 Å². The van der Waals surface area contributed by atoms with Gasteiger partial charge in [0.05, 0.1) is 6.54 Å². The van der Waals surface area contributed by atoms with Crippen molar-refractivity contribution in [3.8, 4) is 5.75 Å². The molecule has 0 aromatic heterocycles. The molecule has 1 aromatic carbocycles. The molecule has 0 atom stereocenters. The summed E-state index contributed by atoms with van der Waals surface area (Å²) in [5.41, 5.74) is 0.906. The molecule has 0 bridgehead atoms. The predicted octanol–water partition coefficient (Wildman–Crippen LogP) is 4.15. The first-order valence-corrected chi connectivity index (χ1v) is 9.16. The number of nitrogens with one attached hydrogen (secondary N) is 2. The predicted molar refractivity (Wildman–Crippen MR) is 114 cm³/mol. The second-order valence-electron chi connectivity index (χ2n) is 5.86. The lowest BCUT2D eigenvalue weighted by molar-refractivity contribution is 0.0818. The number of halogens is 3. The molecule has 4 nitrogen and oxygen atoms in total. The highest BCUT2D eigenvalue weighted by atomic mass is 127. The number of guanidine groups is 1. The monoisotopic (exact) mass is 487 g/mol. The summed E-state index contributed by atoms with van der Waals surface area (Å²) < 4.78 is 29.6. The van der Waals surface area contributed by atoms with E-state index in [1.807, 2.05) is 13.0 Å². The molecule has 1 rings (SSSR count). The van der Waals surface area contributed by atoms with Crippen LogP contribution in [-0.4, -0.2) is 43.1 Å². The van der Waals surface area contributed by atoms with Gasteiger partial charge in [-0.05, 0) is 44.7 Å². The number of thioether (sulfide) groups is 1. The van der Waals surface area contributed by atoms with E-state index < -0.39 is 13.0 Å². The first kappa shape index (κ1) is 24.2. The van der Waals surface area contributed by atoms with Crippen LogP contribution in [-0.2, 0) is 6.54 Å². The van der Waals surface area contributed by atoms with E-state index in [-0.39, 0.29) is 28.7 Å². The van der Waals surface area contributed by atoms with Crippen molar-refractivity contribution in [2.24, 2.45) is 4.99 Å². The summed E-state index contributed by atoms with van der Waals surface area (Å²) in [5.74, 6) is 1.17. The van der Waals surface area contributed by atoms with Crippen molar-refractivity contribution in [1.82, 2.24) is 10.6 Å². The quantitative estimate of drug-likeness (QED) is 0.312. The largest absolute Gasteiger partial charge is 0.488 e. The number of nitrogens with zero attached hydrogens (tertiary/aromatic N) is 1. The molecule has 0 fully saturated rings. The van der Waals surface area contributed by atoms with Crippen LogP contribution in [0.2, 0.25) is 0 Å². The first-order valence-electron chi connectivity index (χ1n) is 7.93. The van der Waals surface area contributed by atoms with Crippen molar-refractivity contribution >= 4 is 41.7 Å². The molecule has 0 radical (unpaired) electrons. The fourth-order valence-corrected chi connectivity index (χ4v) is 1.99. The highest BCUT2D eigenvalue weighted by Crippen LogP contribution is 2.19. The van der Waals surface area contributed by atoms with E-state index in [2.05, 4.69) is 35.7 Å². The smallest absolute Gasteiger partial charge is 0.272 e. The Labute approximate surface area is 170 Å². The van der Waals surface area contributed by atoms with Crippen LogP contribution in [0.5, 0.6) is 5.75 Å². The maximum Gasteiger partial charge on any atom is 0.272 e. The Morgan fingerprint density at radius 1 is 1.32 bits per heavy atom. The van der Waals surface area contributed by atoms with Crippen LogP contribution in [0.4, 0.5) is 8.78 Å². The molecule has 25 heavy (non-hydrogen) atoms. The highest BCUT2D eigenvalue weighted by molar-refractivity contribution is 14.0. The Morgan fingerprint density at radius 3 is 2.64 bits per heavy atom. The van der Waals surface area contributed by atoms with Crippen molar-refractivity contribution in [2.75, 3.05) is 26.0 Å². The van der Waals surface area contributed by atoms with Crippen LogP contribution in [0.15, 0.2) is 29.3 Å². The SMILES string of the molecule is CCNC(=NCc1cccc(OCC(F)F)c1)NCC(C)(C)SC.I. The average Bonchev–Trinajstić information content (AvgIpc) is 2.56. The second kappa shape index (κ2) is 12.6. The number of hydrogen-bond donors (Lipinski definition) is 2. The molecule has 8 heteroatoms. The summed E-state index contributed by atoms with van der Waals surface area (Å²) in [5, 5.41) is 6.53. The molecule has 0 aliphatic rings. The lowest BCUT2D eigenvalue weighted by Crippen LogP contribution is -2.43. The van der Waals surface area contributed by atoms with Gasteiger partial charge >= 0.3 is 0 Å². The molecule has 2 N–H and O–H groups in total. The molecule has 0 aliphatic carbocycles. The van der Waals surface area contributed by atoms with Crippen molar-refractivity contribution in [3.63, 3.8) is 0 Å². The zero-order valence-electron chi connectivity index (χ0n) is 15.1. The van der Waals surface area contributed by atoms with E-state index in [0.717, 1.165) is 24.6 Å². The summed E-state index contributed by atoms with van der Waals surface area (Å²) in [6.45, 7) is 7.74. The third-order valence-corrected chi connectivity index (χ3v) is 4.52. The second-order valence-corrected chi connectivity index (χ2v) is 7.38. The molecule has 0 amide bonds. The highest BCUT2D eigenvalue weighted by Gasteiger charge is 2.16. The molecule has 144 valence electrons. The number of aliphatic imine (C=N–C) groups is 1. The Morgan fingerprint density at radius 2 is 2.04 bits per heavy atom. The number of rotatable bonds is 9. The van der Waals surface area contributed by atoms with Crippen LogP contribution in [0.1, 0.15) is 26.3 Å². The average molecular weight is 487 g/mol. The maximum atomic E-state index is 12.2. The van der Waals surface area contributed by atoms with Crippen LogP contribution in [0, 0.1) is 0 Å². The Bertz CT molecular complexity index is 530. The first-order chi connectivity index (χ1) is 11.4. The Kier molecular flexibility index (Phi) is 12.2. The standard InChI is InChI=1S/C17H27F2N3OS.HI/c1-5-20-16(22-12-17(2,3)24-4)21-10-13-7-6-8-14(9-13)23-11-15(18)19;/h6-9,15H,5,10-12H2,1-4H3,(H2,20,21,22);1H. The van der Waals surface area contributed by atoms with Crippen LogP contribution in [0.25, 0.3) is 0 Å². The molecule has 0 heterocycles. The van der Waals surface area contributed by atoms with Gasteiger partial charge in [0, 0.05) is 17.8 Å². The van der Waals surface area contributed by atoms with Crippen LogP contribution >= 0.6 is 35.7 Å². The third kappa shape index (κ3) is 10.7. The number of ether oxygens (including phenoxy) is 1. The van der Waals surface area contributed by atoms with E-state index >= 15 is 0 Å².